The van der Waals surface area contributed by atoms with Crippen molar-refractivity contribution in [3.63, 3.8) is 0 Å². The number of nitrogens with zero attached hydrogens (tertiary/aromatic N) is 3. The highest BCUT2D eigenvalue weighted by atomic mass is 79.9. The van der Waals surface area contributed by atoms with E-state index in [2.05, 4.69) is 26.3 Å². The summed E-state index contributed by atoms with van der Waals surface area (Å²) in [7, 11) is 0. The Hall–Kier alpha value is -2.71. The summed E-state index contributed by atoms with van der Waals surface area (Å²) in [5.74, 6) is -0.995. The van der Waals surface area contributed by atoms with Crippen LogP contribution in [0.5, 0.6) is 0 Å². The molecular formula is C19H13BrClFN4O2. The third-order valence-corrected chi connectivity index (χ3v) is 5.13. The third kappa shape index (κ3) is 3.53. The molecule has 2 aromatic carbocycles. The van der Waals surface area contributed by atoms with E-state index in [9.17, 15) is 14.0 Å². The Morgan fingerprint density at radius 2 is 2.04 bits per heavy atom. The Morgan fingerprint density at radius 1 is 1.21 bits per heavy atom. The molecule has 0 unspecified atom stereocenters. The normalized spacial score (nSPS) is 13.7. The van der Waals surface area contributed by atoms with E-state index in [0.29, 0.717) is 16.4 Å². The largest absolute Gasteiger partial charge is 0.337 e. The molecule has 1 aliphatic rings. The van der Waals surface area contributed by atoms with Crippen LogP contribution in [0, 0.1) is 5.82 Å². The number of aromatic nitrogens is 2. The van der Waals surface area contributed by atoms with Crippen molar-refractivity contribution in [3.8, 4) is 16.9 Å². The van der Waals surface area contributed by atoms with Crippen LogP contribution in [0.2, 0.25) is 5.02 Å². The molecule has 0 radical (unpaired) electrons. The molecule has 1 N–H and O–H groups in total. The summed E-state index contributed by atoms with van der Waals surface area (Å²) in [4.78, 5) is 25.6. The van der Waals surface area contributed by atoms with Crippen molar-refractivity contribution in [1.82, 2.24) is 20.0 Å². The minimum Gasteiger partial charge on any atom is -0.337 e. The lowest BCUT2D eigenvalue weighted by Crippen LogP contribution is -2.30. The first-order valence-electron chi connectivity index (χ1n) is 8.30. The van der Waals surface area contributed by atoms with Gasteiger partial charge < -0.3 is 10.2 Å². The number of carbonyl (C=O) groups is 2. The molecule has 0 spiro atoms. The van der Waals surface area contributed by atoms with E-state index >= 15 is 0 Å². The smallest absolute Gasteiger partial charge is 0.276 e. The van der Waals surface area contributed by atoms with Crippen LogP contribution in [-0.2, 0) is 4.79 Å². The quantitative estimate of drug-likeness (QED) is 0.645. The highest BCUT2D eigenvalue weighted by Gasteiger charge is 2.27. The topological polar surface area (TPSA) is 67.2 Å². The molecule has 1 aliphatic heterocycles. The lowest BCUT2D eigenvalue weighted by molar-refractivity contribution is -0.118. The summed E-state index contributed by atoms with van der Waals surface area (Å²) >= 11 is 9.29. The Morgan fingerprint density at radius 3 is 2.71 bits per heavy atom. The molecule has 2 heterocycles. The lowest BCUT2D eigenvalue weighted by Gasteiger charge is -2.10. The van der Waals surface area contributed by atoms with Crippen LogP contribution in [0.25, 0.3) is 16.9 Å². The number of hydrogen-bond donors (Lipinski definition) is 1. The minimum atomic E-state index is -0.404. The lowest BCUT2D eigenvalue weighted by atomic mass is 10.1. The number of rotatable bonds is 3. The van der Waals surface area contributed by atoms with Gasteiger partial charge in [-0.25, -0.2) is 9.07 Å². The average molecular weight is 464 g/mol. The molecule has 1 saturated heterocycles. The fraction of sp³-hybridized carbons (Fsp3) is 0.105. The molecule has 4 rings (SSSR count). The second-order valence-corrected chi connectivity index (χ2v) is 7.49. The van der Waals surface area contributed by atoms with Gasteiger partial charge in [0.25, 0.3) is 5.91 Å². The van der Waals surface area contributed by atoms with Gasteiger partial charge in [0, 0.05) is 10.6 Å². The zero-order valence-electron chi connectivity index (χ0n) is 14.3. The van der Waals surface area contributed by atoms with E-state index in [0.717, 1.165) is 5.56 Å². The van der Waals surface area contributed by atoms with Crippen LogP contribution in [0.3, 0.4) is 0 Å². The summed E-state index contributed by atoms with van der Waals surface area (Å²) < 4.78 is 15.5. The molecule has 6 nitrogen and oxygen atoms in total. The highest BCUT2D eigenvalue weighted by Crippen LogP contribution is 2.28. The molecule has 3 aromatic rings. The van der Waals surface area contributed by atoms with Crippen molar-refractivity contribution >= 4 is 39.3 Å². The first-order chi connectivity index (χ1) is 13.4. The second-order valence-electron chi connectivity index (χ2n) is 6.20. The van der Waals surface area contributed by atoms with Crippen LogP contribution in [0.1, 0.15) is 10.5 Å². The van der Waals surface area contributed by atoms with Gasteiger partial charge >= 0.3 is 0 Å². The van der Waals surface area contributed by atoms with Crippen molar-refractivity contribution in [2.45, 2.75) is 0 Å². The molecule has 0 aliphatic carbocycles. The Kier molecular flexibility index (Phi) is 4.91. The zero-order valence-corrected chi connectivity index (χ0v) is 16.7. The van der Waals surface area contributed by atoms with E-state index in [4.69, 9.17) is 11.6 Å². The van der Waals surface area contributed by atoms with E-state index in [1.54, 1.807) is 41.1 Å². The number of halogens is 3. The van der Waals surface area contributed by atoms with Crippen LogP contribution in [-0.4, -0.2) is 39.7 Å². The van der Waals surface area contributed by atoms with Crippen LogP contribution in [0.15, 0.2) is 53.0 Å². The van der Waals surface area contributed by atoms with Crippen molar-refractivity contribution < 1.29 is 14.0 Å². The monoisotopic (exact) mass is 462 g/mol. The number of hydrogen-bond acceptors (Lipinski definition) is 3. The van der Waals surface area contributed by atoms with Crippen molar-refractivity contribution in [2.75, 3.05) is 13.2 Å². The maximum Gasteiger partial charge on any atom is 0.276 e. The van der Waals surface area contributed by atoms with Gasteiger partial charge in [-0.3, -0.25) is 9.59 Å². The van der Waals surface area contributed by atoms with Gasteiger partial charge in [-0.1, -0.05) is 23.7 Å². The molecule has 142 valence electrons. The van der Waals surface area contributed by atoms with E-state index < -0.39 is 5.82 Å². The highest BCUT2D eigenvalue weighted by molar-refractivity contribution is 9.10. The van der Waals surface area contributed by atoms with Gasteiger partial charge in [-0.05, 0) is 52.3 Å². The summed E-state index contributed by atoms with van der Waals surface area (Å²) in [5, 5.41) is 7.55. The van der Waals surface area contributed by atoms with Gasteiger partial charge in [-0.15, -0.1) is 0 Å². The average Bonchev–Trinajstić information content (AvgIpc) is 3.30. The van der Waals surface area contributed by atoms with Crippen molar-refractivity contribution in [1.29, 1.82) is 0 Å². The van der Waals surface area contributed by atoms with Gasteiger partial charge in [0.05, 0.1) is 22.5 Å². The Bertz CT molecular complexity index is 1100. The van der Waals surface area contributed by atoms with Crippen LogP contribution >= 0.6 is 27.5 Å². The summed E-state index contributed by atoms with van der Waals surface area (Å²) in [6.45, 7) is 0.124. The zero-order chi connectivity index (χ0) is 19.8. The molecular weight excluding hydrogens is 451 g/mol. The summed E-state index contributed by atoms with van der Waals surface area (Å²) in [5.41, 5.74) is 2.10. The fourth-order valence-corrected chi connectivity index (χ4v) is 3.48. The maximum atomic E-state index is 13.7. The van der Waals surface area contributed by atoms with E-state index in [1.807, 2.05) is 6.07 Å². The van der Waals surface area contributed by atoms with Crippen LogP contribution in [0.4, 0.5) is 4.39 Å². The van der Waals surface area contributed by atoms with Gasteiger partial charge in [0.2, 0.25) is 5.91 Å². The number of amides is 2. The molecule has 0 atom stereocenters. The van der Waals surface area contributed by atoms with Gasteiger partial charge in [0.1, 0.15) is 12.4 Å². The van der Waals surface area contributed by atoms with E-state index in [-0.39, 0.29) is 35.2 Å². The van der Waals surface area contributed by atoms with E-state index in [1.165, 1.54) is 11.0 Å². The predicted octanol–water partition coefficient (Wildman–Crippen LogP) is 3.62. The molecule has 1 fully saturated rings. The predicted molar refractivity (Wildman–Crippen MR) is 106 cm³/mol. The Labute approximate surface area is 173 Å². The third-order valence-electron chi connectivity index (χ3n) is 4.29. The molecule has 0 saturated carbocycles. The van der Waals surface area contributed by atoms with Gasteiger partial charge in [0.15, 0.2) is 5.69 Å². The fourth-order valence-electron chi connectivity index (χ4n) is 2.93. The Balaban J connectivity index is 1.83. The second kappa shape index (κ2) is 7.37. The maximum absolute atomic E-state index is 13.7. The van der Waals surface area contributed by atoms with Crippen molar-refractivity contribution in [3.05, 3.63) is 69.5 Å². The molecule has 2 amide bonds. The standard InChI is InChI=1S/C19H13BrClFN4O2/c20-14-7-13(4-5-15(14)22)26-17(11-2-1-3-12(21)6-11)8-16(24-26)19(28)25-9-18(27)23-10-25/h1-8H,9-10H2,(H,23,27). The number of benzene rings is 2. The summed E-state index contributed by atoms with van der Waals surface area (Å²) in [6.07, 6.45) is 0. The molecule has 1 aromatic heterocycles. The number of nitrogens with one attached hydrogen (secondary N) is 1. The van der Waals surface area contributed by atoms with Crippen molar-refractivity contribution in [2.24, 2.45) is 0 Å². The first kappa shape index (κ1) is 18.6. The molecule has 0 bridgehead atoms. The number of carbonyl (C=O) groups excluding carboxylic acids is 2. The molecule has 28 heavy (non-hydrogen) atoms. The minimum absolute atomic E-state index is 0.0136. The summed E-state index contributed by atoms with van der Waals surface area (Å²) in [6, 6.07) is 13.2. The first-order valence-corrected chi connectivity index (χ1v) is 9.47. The molecule has 9 heteroatoms. The SMILES string of the molecule is O=C1CN(C(=O)c2cc(-c3cccc(Cl)c3)n(-c3ccc(F)c(Br)c3)n2)CN1. The van der Waals surface area contributed by atoms with Gasteiger partial charge in [-0.2, -0.15) is 5.10 Å². The van der Waals surface area contributed by atoms with Crippen LogP contribution < -0.4 is 5.32 Å².